The van der Waals surface area contributed by atoms with Gasteiger partial charge >= 0.3 is 16.6 Å². The zero-order valence-electron chi connectivity index (χ0n) is 19.7. The summed E-state index contributed by atoms with van der Waals surface area (Å²) in [4.78, 5) is 11.7. The Morgan fingerprint density at radius 3 is 2.46 bits per heavy atom. The summed E-state index contributed by atoms with van der Waals surface area (Å²) in [6, 6.07) is 23.8. The zero-order valence-corrected chi connectivity index (χ0v) is 20.5. The Morgan fingerprint density at radius 1 is 0.943 bits per heavy atom. The van der Waals surface area contributed by atoms with Crippen LogP contribution < -0.4 is 4.74 Å². The maximum atomic E-state index is 11.7. The van der Waals surface area contributed by atoms with E-state index in [1.54, 1.807) is 12.1 Å². The second-order valence-electron chi connectivity index (χ2n) is 8.28. The first-order valence-corrected chi connectivity index (χ1v) is 12.2. The van der Waals surface area contributed by atoms with Crippen LogP contribution >= 0.6 is 0 Å². The van der Waals surface area contributed by atoms with Gasteiger partial charge in [0.15, 0.2) is 0 Å². The molecule has 178 valence electrons. The number of carbonyl (C=O) groups is 1. The van der Waals surface area contributed by atoms with Gasteiger partial charge in [0.1, 0.15) is 5.75 Å². The summed E-state index contributed by atoms with van der Waals surface area (Å²) in [5.74, 6) is 0.303. The van der Waals surface area contributed by atoms with E-state index in [9.17, 15) is 13.2 Å². The van der Waals surface area contributed by atoms with Crippen LogP contribution in [0, 0.1) is 20.8 Å². The van der Waals surface area contributed by atoms with Gasteiger partial charge in [0.05, 0.1) is 11.4 Å². The highest BCUT2D eigenvalue weighted by atomic mass is 32.2. The van der Waals surface area contributed by atoms with E-state index in [1.807, 2.05) is 61.0 Å². The van der Waals surface area contributed by atoms with E-state index >= 15 is 0 Å². The topological polar surface area (TPSA) is 90.6 Å². The molecule has 8 heteroatoms. The third kappa shape index (κ3) is 5.73. The summed E-state index contributed by atoms with van der Waals surface area (Å²) in [6.07, 6.45) is 0.127. The van der Waals surface area contributed by atoms with Crippen molar-refractivity contribution in [2.24, 2.45) is 4.36 Å². The minimum absolute atomic E-state index is 0.303. The van der Waals surface area contributed by atoms with Gasteiger partial charge in [-0.05, 0) is 68.5 Å². The second-order valence-corrected chi connectivity index (χ2v) is 8.90. The number of rotatable bonds is 6. The monoisotopic (exact) mass is 487 g/mol. The molecule has 0 aliphatic heterocycles. The second kappa shape index (κ2) is 10.5. The number of aryl methyl sites for hydroxylation is 4. The first-order valence-electron chi connectivity index (χ1n) is 11.1. The van der Waals surface area contributed by atoms with Crippen LogP contribution in [0.3, 0.4) is 0 Å². The average molecular weight is 488 g/mol. The van der Waals surface area contributed by atoms with Crippen molar-refractivity contribution >= 4 is 16.6 Å². The molecule has 0 fully saturated rings. The molecule has 0 aliphatic rings. The van der Waals surface area contributed by atoms with E-state index in [0.717, 1.165) is 44.9 Å². The van der Waals surface area contributed by atoms with Crippen LogP contribution in [0.1, 0.15) is 28.1 Å². The Hall–Kier alpha value is -4.04. The Morgan fingerprint density at radius 2 is 1.71 bits per heavy atom. The molecule has 35 heavy (non-hydrogen) atoms. The number of ether oxygens (including phenoxy) is 1. The highest BCUT2D eigenvalue weighted by molar-refractivity contribution is 7.62. The molecule has 0 bridgehead atoms. The number of hydrogen-bond acceptors (Lipinski definition) is 5. The fraction of sp³-hybridized carbons (Fsp3) is 0.185. The maximum absolute atomic E-state index is 11.7. The highest BCUT2D eigenvalue weighted by Crippen LogP contribution is 2.29. The van der Waals surface area contributed by atoms with E-state index in [4.69, 9.17) is 9.84 Å². The molecule has 4 aromatic rings. The molecular weight excluding hydrogens is 462 g/mol. The van der Waals surface area contributed by atoms with Crippen molar-refractivity contribution in [3.05, 3.63) is 101 Å². The molecule has 0 saturated heterocycles. The molecule has 1 heterocycles. The normalized spacial score (nSPS) is 10.7. The summed E-state index contributed by atoms with van der Waals surface area (Å²) in [5.41, 5.74) is 8.18. The standard InChI is InChI=1S/C27H25N3O4S/c1-18-12-15-25(34-27(31)29-35(32)33)23(16-18)14-13-21-8-7-11-24(17-21)30-20(3)26(19(2)28-30)22-9-5-4-6-10-22/h4-12,15-17H,13-14H2,1-3H3. The van der Waals surface area contributed by atoms with Crippen LogP contribution in [0.25, 0.3) is 16.8 Å². The van der Waals surface area contributed by atoms with E-state index in [0.29, 0.717) is 18.6 Å². The van der Waals surface area contributed by atoms with Crippen LogP contribution in [-0.4, -0.2) is 24.3 Å². The fourth-order valence-corrected chi connectivity index (χ4v) is 4.38. The largest absolute Gasteiger partial charge is 0.454 e. The van der Waals surface area contributed by atoms with Crippen molar-refractivity contribution in [3.8, 4) is 22.6 Å². The van der Waals surface area contributed by atoms with Gasteiger partial charge in [-0.2, -0.15) is 13.5 Å². The number of hydrogen-bond donors (Lipinski definition) is 0. The van der Waals surface area contributed by atoms with Crippen LogP contribution in [0.15, 0.2) is 77.2 Å². The predicted molar refractivity (Wildman–Crippen MR) is 134 cm³/mol. The molecule has 7 nitrogen and oxygen atoms in total. The van der Waals surface area contributed by atoms with Crippen LogP contribution in [0.5, 0.6) is 5.75 Å². The predicted octanol–water partition coefficient (Wildman–Crippen LogP) is 5.81. The number of benzene rings is 3. The molecule has 1 amide bonds. The Balaban J connectivity index is 1.58. The maximum Gasteiger partial charge on any atom is 0.454 e. The lowest BCUT2D eigenvalue weighted by Crippen LogP contribution is -2.05. The third-order valence-electron chi connectivity index (χ3n) is 5.75. The molecule has 0 aliphatic carbocycles. The molecule has 0 atom stereocenters. The van der Waals surface area contributed by atoms with Crippen LogP contribution in [0.2, 0.25) is 0 Å². The van der Waals surface area contributed by atoms with Gasteiger partial charge in [-0.3, -0.25) is 0 Å². The summed E-state index contributed by atoms with van der Waals surface area (Å²) in [6.45, 7) is 6.03. The highest BCUT2D eigenvalue weighted by Gasteiger charge is 2.15. The molecule has 0 spiro atoms. The van der Waals surface area contributed by atoms with Gasteiger partial charge in [0.25, 0.3) is 0 Å². The van der Waals surface area contributed by atoms with Gasteiger partial charge in [0.2, 0.25) is 0 Å². The molecule has 0 N–H and O–H groups in total. The smallest absolute Gasteiger partial charge is 0.408 e. The molecule has 0 radical (unpaired) electrons. The molecule has 1 aromatic heterocycles. The van der Waals surface area contributed by atoms with Crippen molar-refractivity contribution in [3.63, 3.8) is 0 Å². The van der Waals surface area contributed by atoms with E-state index in [-0.39, 0.29) is 0 Å². The lowest BCUT2D eigenvalue weighted by molar-refractivity contribution is 0.211. The quantitative estimate of drug-likeness (QED) is 0.342. The van der Waals surface area contributed by atoms with E-state index < -0.39 is 16.6 Å². The fourth-order valence-electron chi connectivity index (χ4n) is 4.22. The zero-order chi connectivity index (χ0) is 24.9. The van der Waals surface area contributed by atoms with Crippen molar-refractivity contribution in [2.75, 3.05) is 0 Å². The Kier molecular flexibility index (Phi) is 7.22. The minimum atomic E-state index is -2.86. The number of nitrogens with zero attached hydrogens (tertiary/aromatic N) is 3. The van der Waals surface area contributed by atoms with Gasteiger partial charge in [-0.1, -0.05) is 64.5 Å². The van der Waals surface area contributed by atoms with Gasteiger partial charge in [-0.15, -0.1) is 0 Å². The van der Waals surface area contributed by atoms with Crippen molar-refractivity contribution in [1.82, 2.24) is 9.78 Å². The lowest BCUT2D eigenvalue weighted by Gasteiger charge is -2.11. The third-order valence-corrected chi connectivity index (χ3v) is 6.05. The Bertz CT molecular complexity index is 1520. The van der Waals surface area contributed by atoms with Crippen LogP contribution in [0.4, 0.5) is 4.79 Å². The average Bonchev–Trinajstić information content (AvgIpc) is 3.13. The summed E-state index contributed by atoms with van der Waals surface area (Å²) in [7, 11) is -2.86. The minimum Gasteiger partial charge on any atom is -0.408 e. The molecule has 0 saturated carbocycles. The number of amides is 1. The number of carbonyl (C=O) groups excluding carboxylic acids is 1. The molecule has 4 rings (SSSR count). The van der Waals surface area contributed by atoms with Crippen molar-refractivity contribution in [2.45, 2.75) is 33.6 Å². The summed E-state index contributed by atoms with van der Waals surface area (Å²) in [5, 5.41) is 4.80. The van der Waals surface area contributed by atoms with E-state index in [2.05, 4.69) is 29.5 Å². The van der Waals surface area contributed by atoms with Gasteiger partial charge in [-0.25, -0.2) is 9.48 Å². The number of aromatic nitrogens is 2. The summed E-state index contributed by atoms with van der Waals surface area (Å²) >= 11 is 0. The summed E-state index contributed by atoms with van der Waals surface area (Å²) < 4.78 is 31.3. The first-order chi connectivity index (χ1) is 16.8. The SMILES string of the molecule is Cc1ccc(OC(=O)N=S(=O)=O)c(CCc2cccc(-n3nc(C)c(-c4ccccc4)c3C)c2)c1. The van der Waals surface area contributed by atoms with Gasteiger partial charge < -0.3 is 4.74 Å². The van der Waals surface area contributed by atoms with Crippen molar-refractivity contribution < 1.29 is 17.9 Å². The van der Waals surface area contributed by atoms with E-state index in [1.165, 1.54) is 0 Å². The van der Waals surface area contributed by atoms with Crippen LogP contribution in [-0.2, 0) is 23.3 Å². The first kappa shape index (κ1) is 24.1. The lowest BCUT2D eigenvalue weighted by atomic mass is 10.0. The molecule has 0 unspecified atom stereocenters. The van der Waals surface area contributed by atoms with Crippen molar-refractivity contribution in [1.29, 1.82) is 0 Å². The molecular formula is C27H25N3O4S. The Labute approximate surface area is 205 Å². The van der Waals surface area contributed by atoms with Gasteiger partial charge in [0, 0.05) is 11.3 Å². The molecule has 3 aromatic carbocycles.